The lowest BCUT2D eigenvalue weighted by molar-refractivity contribution is -0.153. The summed E-state index contributed by atoms with van der Waals surface area (Å²) < 4.78 is 6.94. The molecule has 0 saturated heterocycles. The summed E-state index contributed by atoms with van der Waals surface area (Å²) in [5, 5.41) is 7.41. The van der Waals surface area contributed by atoms with Gasteiger partial charge in [-0.2, -0.15) is 5.10 Å². The Morgan fingerprint density at radius 2 is 2.33 bits per heavy atom. The lowest BCUT2D eigenvalue weighted by Gasteiger charge is -2.32. The van der Waals surface area contributed by atoms with Crippen LogP contribution in [0.3, 0.4) is 0 Å². The number of nitrogens with one attached hydrogen (secondary N) is 1. The second-order valence-electron chi connectivity index (χ2n) is 4.59. The number of likely N-dealkylation sites (N-methyl/N-ethyl adjacent to an activating group) is 1. The zero-order chi connectivity index (χ0) is 13.0. The molecular formula is C12H20N4O2. The zero-order valence-electron chi connectivity index (χ0n) is 10.9. The van der Waals surface area contributed by atoms with Gasteiger partial charge in [0.25, 0.3) is 0 Å². The molecule has 1 heterocycles. The largest absolute Gasteiger partial charge is 0.465 e. The molecule has 0 radical (unpaired) electrons. The molecule has 1 unspecified atom stereocenters. The molecule has 0 spiro atoms. The van der Waals surface area contributed by atoms with Crippen LogP contribution in [0.2, 0.25) is 0 Å². The van der Waals surface area contributed by atoms with Crippen LogP contribution in [0.4, 0.5) is 0 Å². The van der Waals surface area contributed by atoms with E-state index in [-0.39, 0.29) is 5.97 Å². The van der Waals surface area contributed by atoms with Gasteiger partial charge in [-0.1, -0.05) is 6.92 Å². The molecule has 1 aliphatic rings. The van der Waals surface area contributed by atoms with Crippen molar-refractivity contribution in [2.75, 3.05) is 13.2 Å². The van der Waals surface area contributed by atoms with Gasteiger partial charge in [-0.05, 0) is 32.2 Å². The van der Waals surface area contributed by atoms with E-state index in [1.165, 1.54) is 6.33 Å². The Bertz CT molecular complexity index is 389. The lowest BCUT2D eigenvalue weighted by atomic mass is 9.93. The zero-order valence-corrected chi connectivity index (χ0v) is 10.9. The Labute approximate surface area is 107 Å². The van der Waals surface area contributed by atoms with Crippen LogP contribution in [-0.2, 0) is 16.1 Å². The molecule has 1 fully saturated rings. The van der Waals surface area contributed by atoms with E-state index in [4.69, 9.17) is 4.74 Å². The van der Waals surface area contributed by atoms with Crippen molar-refractivity contribution in [2.45, 2.75) is 38.8 Å². The molecule has 1 N–H and O–H groups in total. The molecule has 1 aliphatic carbocycles. The van der Waals surface area contributed by atoms with Gasteiger partial charge >= 0.3 is 5.97 Å². The number of nitrogens with zero attached hydrogens (tertiary/aromatic N) is 3. The number of aromatic nitrogens is 3. The first-order valence-corrected chi connectivity index (χ1v) is 6.47. The molecule has 1 saturated carbocycles. The third-order valence-electron chi connectivity index (χ3n) is 3.28. The third-order valence-corrected chi connectivity index (χ3v) is 3.28. The predicted octanol–water partition coefficient (Wildman–Crippen LogP) is 0.599. The molecule has 6 nitrogen and oxygen atoms in total. The van der Waals surface area contributed by atoms with E-state index in [1.807, 2.05) is 13.8 Å². The Hall–Kier alpha value is -1.43. The van der Waals surface area contributed by atoms with Gasteiger partial charge < -0.3 is 10.1 Å². The number of carbonyl (C=O) groups is 1. The summed E-state index contributed by atoms with van der Waals surface area (Å²) in [7, 11) is 0. The van der Waals surface area contributed by atoms with E-state index in [2.05, 4.69) is 15.4 Å². The smallest absolute Gasteiger partial charge is 0.328 e. The summed E-state index contributed by atoms with van der Waals surface area (Å²) in [6.45, 7) is 5.43. The molecule has 6 heteroatoms. The van der Waals surface area contributed by atoms with Gasteiger partial charge in [0.15, 0.2) is 0 Å². The van der Waals surface area contributed by atoms with Crippen LogP contribution in [-0.4, -0.2) is 39.4 Å². The predicted molar refractivity (Wildman–Crippen MR) is 65.8 cm³/mol. The van der Waals surface area contributed by atoms with Gasteiger partial charge in [-0.3, -0.25) is 4.68 Å². The minimum Gasteiger partial charge on any atom is -0.465 e. The van der Waals surface area contributed by atoms with Gasteiger partial charge in [0.1, 0.15) is 18.2 Å². The number of ether oxygens (including phenoxy) is 1. The number of esters is 1. The Balaban J connectivity index is 2.21. The number of hydrogen-bond acceptors (Lipinski definition) is 5. The van der Waals surface area contributed by atoms with Crippen molar-refractivity contribution in [1.82, 2.24) is 20.1 Å². The normalized spacial score (nSPS) is 18.3. The van der Waals surface area contributed by atoms with Gasteiger partial charge in [0.2, 0.25) is 0 Å². The first-order chi connectivity index (χ1) is 8.73. The summed E-state index contributed by atoms with van der Waals surface area (Å²) in [5.74, 6) is 0.158. The molecule has 0 aliphatic heterocycles. The standard InChI is InChI=1S/C12H20N4O2/c1-3-14-12(10-5-6-10,11(17)18-4-2)7-16-9-13-8-15-16/h8-10,14H,3-7H2,1-2H3. The topological polar surface area (TPSA) is 69.0 Å². The molecule has 18 heavy (non-hydrogen) atoms. The lowest BCUT2D eigenvalue weighted by Crippen LogP contribution is -2.57. The molecule has 1 atom stereocenters. The highest BCUT2D eigenvalue weighted by Crippen LogP contribution is 2.41. The van der Waals surface area contributed by atoms with Crippen LogP contribution in [0.5, 0.6) is 0 Å². The van der Waals surface area contributed by atoms with Crippen LogP contribution < -0.4 is 5.32 Å². The third kappa shape index (κ3) is 2.53. The fourth-order valence-corrected chi connectivity index (χ4v) is 2.35. The maximum atomic E-state index is 12.3. The second-order valence-corrected chi connectivity index (χ2v) is 4.59. The molecule has 2 rings (SSSR count). The number of hydrogen-bond donors (Lipinski definition) is 1. The molecule has 0 amide bonds. The first-order valence-electron chi connectivity index (χ1n) is 6.47. The summed E-state index contributed by atoms with van der Waals surface area (Å²) in [5.41, 5.74) is -0.654. The maximum absolute atomic E-state index is 12.3. The molecule has 0 aromatic carbocycles. The van der Waals surface area contributed by atoms with E-state index in [0.717, 1.165) is 19.4 Å². The quantitative estimate of drug-likeness (QED) is 0.720. The van der Waals surface area contributed by atoms with Crippen LogP contribution in [0, 0.1) is 5.92 Å². The van der Waals surface area contributed by atoms with Crippen molar-refractivity contribution in [2.24, 2.45) is 5.92 Å². The van der Waals surface area contributed by atoms with Crippen molar-refractivity contribution in [1.29, 1.82) is 0 Å². The van der Waals surface area contributed by atoms with Gasteiger partial charge in [-0.15, -0.1) is 0 Å². The average Bonchev–Trinajstić information content (AvgIpc) is 3.09. The highest BCUT2D eigenvalue weighted by molar-refractivity contribution is 5.81. The highest BCUT2D eigenvalue weighted by Gasteiger charge is 2.52. The fourth-order valence-electron chi connectivity index (χ4n) is 2.35. The highest BCUT2D eigenvalue weighted by atomic mass is 16.5. The van der Waals surface area contributed by atoms with Crippen LogP contribution in [0.15, 0.2) is 12.7 Å². The SMILES string of the molecule is CCNC(Cn1cncn1)(C(=O)OCC)C1CC1. The maximum Gasteiger partial charge on any atom is 0.328 e. The molecule has 1 aromatic heterocycles. The van der Waals surface area contributed by atoms with Crippen molar-refractivity contribution in [3.05, 3.63) is 12.7 Å². The molecule has 1 aromatic rings. The van der Waals surface area contributed by atoms with Crippen LogP contribution in [0.1, 0.15) is 26.7 Å². The first kappa shape index (κ1) is 13.0. The van der Waals surface area contributed by atoms with Crippen LogP contribution in [0.25, 0.3) is 0 Å². The monoisotopic (exact) mass is 252 g/mol. The Kier molecular flexibility index (Phi) is 3.96. The number of rotatable bonds is 7. The second kappa shape index (κ2) is 5.48. The summed E-state index contributed by atoms with van der Waals surface area (Å²) in [4.78, 5) is 16.2. The fraction of sp³-hybridized carbons (Fsp3) is 0.750. The Morgan fingerprint density at radius 1 is 1.56 bits per heavy atom. The van der Waals surface area contributed by atoms with Crippen molar-refractivity contribution >= 4 is 5.97 Å². The molecule has 100 valence electrons. The minimum absolute atomic E-state index is 0.176. The number of carbonyl (C=O) groups excluding carboxylic acids is 1. The minimum atomic E-state index is -0.654. The van der Waals surface area contributed by atoms with Gasteiger partial charge in [0.05, 0.1) is 13.2 Å². The van der Waals surface area contributed by atoms with E-state index in [0.29, 0.717) is 19.1 Å². The van der Waals surface area contributed by atoms with E-state index < -0.39 is 5.54 Å². The summed E-state index contributed by atoms with van der Waals surface area (Å²) in [6, 6.07) is 0. The van der Waals surface area contributed by atoms with Gasteiger partial charge in [0, 0.05) is 0 Å². The van der Waals surface area contributed by atoms with Crippen LogP contribution >= 0.6 is 0 Å². The Morgan fingerprint density at radius 3 is 2.83 bits per heavy atom. The van der Waals surface area contributed by atoms with E-state index in [1.54, 1.807) is 11.0 Å². The van der Waals surface area contributed by atoms with Crippen molar-refractivity contribution < 1.29 is 9.53 Å². The molecule has 0 bridgehead atoms. The van der Waals surface area contributed by atoms with Gasteiger partial charge in [-0.25, -0.2) is 9.78 Å². The van der Waals surface area contributed by atoms with Crippen molar-refractivity contribution in [3.63, 3.8) is 0 Å². The molecular weight excluding hydrogens is 232 g/mol. The average molecular weight is 252 g/mol. The van der Waals surface area contributed by atoms with E-state index >= 15 is 0 Å². The summed E-state index contributed by atoms with van der Waals surface area (Å²) >= 11 is 0. The van der Waals surface area contributed by atoms with Crippen molar-refractivity contribution in [3.8, 4) is 0 Å². The summed E-state index contributed by atoms with van der Waals surface area (Å²) in [6.07, 6.45) is 5.23. The van der Waals surface area contributed by atoms with E-state index in [9.17, 15) is 4.79 Å².